The second-order valence-corrected chi connectivity index (χ2v) is 8.51. The van der Waals surface area contributed by atoms with E-state index in [2.05, 4.69) is 46.0 Å². The van der Waals surface area contributed by atoms with E-state index in [9.17, 15) is 4.79 Å². The number of carbonyl (C=O) groups is 1. The predicted molar refractivity (Wildman–Crippen MR) is 130 cm³/mol. The molecule has 3 aromatic rings. The lowest BCUT2D eigenvalue weighted by Crippen LogP contribution is -2.36. The summed E-state index contributed by atoms with van der Waals surface area (Å²) in [7, 11) is 1.57. The molecule has 0 atom stereocenters. The third kappa shape index (κ3) is 6.12. The second-order valence-electron chi connectivity index (χ2n) is 7.41. The topological polar surface area (TPSA) is 76.6 Å². The van der Waals surface area contributed by atoms with Crippen LogP contribution in [0.25, 0.3) is 0 Å². The molecule has 170 valence electrons. The summed E-state index contributed by atoms with van der Waals surface area (Å²) in [5.74, 6) is 1.05. The van der Waals surface area contributed by atoms with Crippen LogP contribution < -0.4 is 15.0 Å². The molecule has 0 aliphatic carbocycles. The SMILES string of the molecule is C=CC(=O)Nc1ccc(Sc2ccnc(Cc3ccc(N4CCOCC4)cc3)n2)cc1OC. The van der Waals surface area contributed by atoms with E-state index in [0.717, 1.165) is 47.6 Å². The lowest BCUT2D eigenvalue weighted by atomic mass is 10.1. The standard InChI is InChI=1S/C25H26N4O3S/c1-3-24(30)27-21-9-8-20(17-22(21)31-2)33-25-10-11-26-23(28-25)16-18-4-6-19(7-5-18)29-12-14-32-15-13-29/h3-11,17H,1,12-16H2,2H3,(H,27,30). The maximum Gasteiger partial charge on any atom is 0.247 e. The fourth-order valence-electron chi connectivity index (χ4n) is 3.49. The maximum absolute atomic E-state index is 11.6. The molecule has 1 amide bonds. The molecule has 33 heavy (non-hydrogen) atoms. The number of ether oxygens (including phenoxy) is 2. The normalized spacial score (nSPS) is 13.4. The van der Waals surface area contributed by atoms with Crippen LogP contribution in [-0.2, 0) is 16.0 Å². The number of methoxy groups -OCH3 is 1. The van der Waals surface area contributed by atoms with Crippen LogP contribution >= 0.6 is 11.8 Å². The van der Waals surface area contributed by atoms with Gasteiger partial charge in [-0.05, 0) is 48.0 Å². The molecule has 7 nitrogen and oxygen atoms in total. The molecule has 1 aromatic heterocycles. The largest absolute Gasteiger partial charge is 0.495 e. The van der Waals surface area contributed by atoms with Gasteiger partial charge in [-0.25, -0.2) is 9.97 Å². The van der Waals surface area contributed by atoms with Crippen molar-refractivity contribution in [3.05, 3.63) is 78.8 Å². The van der Waals surface area contributed by atoms with Crippen LogP contribution in [0.3, 0.4) is 0 Å². The van der Waals surface area contributed by atoms with Gasteiger partial charge in [-0.3, -0.25) is 4.79 Å². The fraction of sp³-hybridized carbons (Fsp3) is 0.240. The number of rotatable bonds is 8. The van der Waals surface area contributed by atoms with E-state index in [1.807, 2.05) is 18.2 Å². The quantitative estimate of drug-likeness (QED) is 0.397. The van der Waals surface area contributed by atoms with Crippen molar-refractivity contribution in [3.63, 3.8) is 0 Å². The minimum absolute atomic E-state index is 0.285. The van der Waals surface area contributed by atoms with E-state index < -0.39 is 0 Å². The molecule has 0 bridgehead atoms. The number of morpholine rings is 1. The van der Waals surface area contributed by atoms with Crippen molar-refractivity contribution in [1.29, 1.82) is 0 Å². The number of nitrogens with zero attached hydrogens (tertiary/aromatic N) is 3. The molecule has 2 aromatic carbocycles. The van der Waals surface area contributed by atoms with Crippen molar-refractivity contribution in [1.82, 2.24) is 9.97 Å². The third-order valence-electron chi connectivity index (χ3n) is 5.19. The number of amides is 1. The number of carbonyl (C=O) groups excluding carboxylic acids is 1. The summed E-state index contributed by atoms with van der Waals surface area (Å²) in [6.07, 6.45) is 3.66. The van der Waals surface area contributed by atoms with Gasteiger partial charge in [0.05, 0.1) is 26.0 Å². The Balaban J connectivity index is 1.42. The van der Waals surface area contributed by atoms with Gasteiger partial charge < -0.3 is 19.7 Å². The molecule has 1 saturated heterocycles. The lowest BCUT2D eigenvalue weighted by Gasteiger charge is -2.28. The van der Waals surface area contributed by atoms with Crippen LogP contribution in [0.4, 0.5) is 11.4 Å². The summed E-state index contributed by atoms with van der Waals surface area (Å²) < 4.78 is 10.8. The Kier molecular flexibility index (Phi) is 7.59. The highest BCUT2D eigenvalue weighted by molar-refractivity contribution is 7.99. The number of benzene rings is 2. The average molecular weight is 463 g/mol. The van der Waals surface area contributed by atoms with Crippen molar-refractivity contribution in [2.75, 3.05) is 43.6 Å². The molecule has 2 heterocycles. The van der Waals surface area contributed by atoms with E-state index in [4.69, 9.17) is 14.5 Å². The first-order valence-corrected chi connectivity index (χ1v) is 11.5. The molecule has 1 N–H and O–H groups in total. The zero-order chi connectivity index (χ0) is 23.0. The predicted octanol–water partition coefficient (Wildman–Crippen LogP) is 4.19. The van der Waals surface area contributed by atoms with E-state index in [1.54, 1.807) is 19.4 Å². The number of aromatic nitrogens is 2. The van der Waals surface area contributed by atoms with Crippen LogP contribution in [0.15, 0.2) is 77.3 Å². The Hall–Kier alpha value is -3.36. The summed E-state index contributed by atoms with van der Waals surface area (Å²) in [5, 5.41) is 3.58. The second kappa shape index (κ2) is 11.0. The molecule has 0 unspecified atom stereocenters. The van der Waals surface area contributed by atoms with Crippen LogP contribution in [-0.4, -0.2) is 49.3 Å². The number of hydrogen-bond donors (Lipinski definition) is 1. The summed E-state index contributed by atoms with van der Waals surface area (Å²) >= 11 is 1.51. The molecule has 8 heteroatoms. The van der Waals surface area contributed by atoms with Crippen molar-refractivity contribution >= 4 is 29.0 Å². The zero-order valence-corrected chi connectivity index (χ0v) is 19.3. The molecule has 0 spiro atoms. The highest BCUT2D eigenvalue weighted by Crippen LogP contribution is 2.33. The van der Waals surface area contributed by atoms with Gasteiger partial charge in [0.25, 0.3) is 0 Å². The number of hydrogen-bond acceptors (Lipinski definition) is 7. The Morgan fingerprint density at radius 2 is 2.00 bits per heavy atom. The van der Waals surface area contributed by atoms with Crippen molar-refractivity contribution < 1.29 is 14.3 Å². The van der Waals surface area contributed by atoms with Gasteiger partial charge in [0.1, 0.15) is 16.6 Å². The molecule has 1 aliphatic rings. The minimum Gasteiger partial charge on any atom is -0.495 e. The van der Waals surface area contributed by atoms with Crippen molar-refractivity contribution in [3.8, 4) is 5.75 Å². The molecule has 0 saturated carbocycles. The van der Waals surface area contributed by atoms with Gasteiger partial charge in [0.2, 0.25) is 5.91 Å². The number of anilines is 2. The van der Waals surface area contributed by atoms with Crippen molar-refractivity contribution in [2.24, 2.45) is 0 Å². The average Bonchev–Trinajstić information content (AvgIpc) is 2.86. The maximum atomic E-state index is 11.6. The van der Waals surface area contributed by atoms with E-state index in [1.165, 1.54) is 23.5 Å². The molecular weight excluding hydrogens is 436 g/mol. The summed E-state index contributed by atoms with van der Waals surface area (Å²) in [6, 6.07) is 16.0. The summed E-state index contributed by atoms with van der Waals surface area (Å²) in [4.78, 5) is 24.0. The van der Waals surface area contributed by atoms with Gasteiger partial charge in [-0.2, -0.15) is 0 Å². The highest BCUT2D eigenvalue weighted by atomic mass is 32.2. The van der Waals surface area contributed by atoms with Crippen LogP contribution in [0.2, 0.25) is 0 Å². The molecule has 4 rings (SSSR count). The van der Waals surface area contributed by atoms with Gasteiger partial charge in [0, 0.05) is 36.3 Å². The monoisotopic (exact) mass is 462 g/mol. The Morgan fingerprint density at radius 1 is 1.21 bits per heavy atom. The van der Waals surface area contributed by atoms with Gasteiger partial charge >= 0.3 is 0 Å². The molecule has 1 aliphatic heterocycles. The molecule has 0 radical (unpaired) electrons. The Labute approximate surface area is 197 Å². The summed E-state index contributed by atoms with van der Waals surface area (Å²) in [6.45, 7) is 6.87. The first kappa shape index (κ1) is 22.8. The first-order chi connectivity index (χ1) is 16.1. The van der Waals surface area contributed by atoms with Crippen LogP contribution in [0.5, 0.6) is 5.75 Å². The Morgan fingerprint density at radius 3 is 2.73 bits per heavy atom. The van der Waals surface area contributed by atoms with E-state index >= 15 is 0 Å². The molecular formula is C25H26N4O3S. The van der Waals surface area contributed by atoms with Crippen molar-refractivity contribution in [2.45, 2.75) is 16.3 Å². The number of nitrogens with one attached hydrogen (secondary N) is 1. The fourth-order valence-corrected chi connectivity index (χ4v) is 4.32. The van der Waals surface area contributed by atoms with E-state index in [-0.39, 0.29) is 5.91 Å². The van der Waals surface area contributed by atoms with Gasteiger partial charge in [-0.1, -0.05) is 30.5 Å². The van der Waals surface area contributed by atoms with E-state index in [0.29, 0.717) is 17.9 Å². The van der Waals surface area contributed by atoms with Gasteiger partial charge in [-0.15, -0.1) is 0 Å². The lowest BCUT2D eigenvalue weighted by molar-refractivity contribution is -0.111. The minimum atomic E-state index is -0.285. The zero-order valence-electron chi connectivity index (χ0n) is 18.5. The summed E-state index contributed by atoms with van der Waals surface area (Å²) in [5.41, 5.74) is 2.97. The first-order valence-electron chi connectivity index (χ1n) is 10.7. The van der Waals surface area contributed by atoms with Gasteiger partial charge in [0.15, 0.2) is 0 Å². The van der Waals surface area contributed by atoms with Crippen LogP contribution in [0, 0.1) is 0 Å². The van der Waals surface area contributed by atoms with Crippen LogP contribution in [0.1, 0.15) is 11.4 Å². The smallest absolute Gasteiger partial charge is 0.247 e. The third-order valence-corrected chi connectivity index (χ3v) is 6.12. The Bertz CT molecular complexity index is 1110. The highest BCUT2D eigenvalue weighted by Gasteiger charge is 2.12. The molecule has 1 fully saturated rings.